The molecule has 1 unspecified atom stereocenters. The Morgan fingerprint density at radius 1 is 1.14 bits per heavy atom. The number of methoxy groups -OCH3 is 2. The molecule has 0 aliphatic rings. The lowest BCUT2D eigenvalue weighted by Gasteiger charge is -2.17. The van der Waals surface area contributed by atoms with Gasteiger partial charge in [0.05, 0.1) is 14.2 Å². The Morgan fingerprint density at radius 2 is 1.90 bits per heavy atom. The Kier molecular flexibility index (Phi) is 5.51. The highest BCUT2D eigenvalue weighted by atomic mass is 79.9. The lowest BCUT2D eigenvalue weighted by molar-refractivity contribution is 0.405. The van der Waals surface area contributed by atoms with E-state index < -0.39 is 0 Å². The molecule has 0 bridgehead atoms. The van der Waals surface area contributed by atoms with Crippen molar-refractivity contribution in [3.05, 3.63) is 57.0 Å². The van der Waals surface area contributed by atoms with Crippen LogP contribution in [0.3, 0.4) is 0 Å². The van der Waals surface area contributed by atoms with Crippen LogP contribution in [0.25, 0.3) is 0 Å². The summed E-state index contributed by atoms with van der Waals surface area (Å²) in [7, 11) is 3.26. The van der Waals surface area contributed by atoms with Gasteiger partial charge in [-0.15, -0.1) is 0 Å². The molecule has 5 heteroatoms. The number of benzene rings is 2. The van der Waals surface area contributed by atoms with E-state index in [0.29, 0.717) is 17.2 Å². The monoisotopic (exact) mass is 369 g/mol. The molecular formula is C16H17BrClNO2. The Hall–Kier alpha value is -1.23. The highest BCUT2D eigenvalue weighted by Crippen LogP contribution is 2.31. The van der Waals surface area contributed by atoms with E-state index >= 15 is 0 Å². The molecule has 0 spiro atoms. The van der Waals surface area contributed by atoms with Gasteiger partial charge in [-0.05, 0) is 42.3 Å². The van der Waals surface area contributed by atoms with Crippen molar-refractivity contribution >= 4 is 27.5 Å². The average molecular weight is 371 g/mol. The molecule has 0 fully saturated rings. The Balaban J connectivity index is 2.27. The lowest BCUT2D eigenvalue weighted by Crippen LogP contribution is -2.14. The summed E-state index contributed by atoms with van der Waals surface area (Å²) in [5, 5.41) is 0.630. The van der Waals surface area contributed by atoms with Crippen molar-refractivity contribution < 1.29 is 9.47 Å². The van der Waals surface area contributed by atoms with Crippen molar-refractivity contribution in [2.45, 2.75) is 12.5 Å². The smallest absolute Gasteiger partial charge is 0.125 e. The number of nitrogens with two attached hydrogens (primary N) is 1. The fourth-order valence-corrected chi connectivity index (χ4v) is 2.74. The minimum Gasteiger partial charge on any atom is -0.497 e. The van der Waals surface area contributed by atoms with Crippen LogP contribution in [-0.2, 0) is 6.42 Å². The van der Waals surface area contributed by atoms with Crippen LogP contribution in [0.4, 0.5) is 0 Å². The zero-order valence-corrected chi connectivity index (χ0v) is 14.2. The van der Waals surface area contributed by atoms with E-state index in [2.05, 4.69) is 15.9 Å². The van der Waals surface area contributed by atoms with Crippen molar-refractivity contribution in [1.82, 2.24) is 0 Å². The predicted octanol–water partition coefficient (Wildman–Crippen LogP) is 4.36. The van der Waals surface area contributed by atoms with E-state index in [4.69, 9.17) is 26.8 Å². The van der Waals surface area contributed by atoms with Gasteiger partial charge in [0.2, 0.25) is 0 Å². The van der Waals surface area contributed by atoms with Crippen LogP contribution >= 0.6 is 27.5 Å². The first-order chi connectivity index (χ1) is 10.0. The van der Waals surface area contributed by atoms with Crippen molar-refractivity contribution in [1.29, 1.82) is 0 Å². The maximum atomic E-state index is 6.33. The molecule has 0 aliphatic heterocycles. The van der Waals surface area contributed by atoms with E-state index in [9.17, 15) is 0 Å². The average Bonchev–Trinajstić information content (AvgIpc) is 2.49. The van der Waals surface area contributed by atoms with Gasteiger partial charge in [0.15, 0.2) is 0 Å². The standard InChI is InChI=1S/C16H17BrClNO2/c1-20-12-4-6-14(17)10(7-12)8-15(19)13-5-3-11(18)9-16(13)21-2/h3-7,9,15H,8,19H2,1-2H3. The molecule has 3 nitrogen and oxygen atoms in total. The minimum atomic E-state index is -0.194. The lowest BCUT2D eigenvalue weighted by atomic mass is 9.98. The molecule has 0 aromatic heterocycles. The maximum absolute atomic E-state index is 6.33. The minimum absolute atomic E-state index is 0.194. The van der Waals surface area contributed by atoms with Crippen LogP contribution in [0.15, 0.2) is 40.9 Å². The number of hydrogen-bond acceptors (Lipinski definition) is 3. The topological polar surface area (TPSA) is 44.5 Å². The van der Waals surface area contributed by atoms with Crippen LogP contribution in [0, 0.1) is 0 Å². The first kappa shape index (κ1) is 16.1. The summed E-state index contributed by atoms with van der Waals surface area (Å²) < 4.78 is 11.6. The fraction of sp³-hybridized carbons (Fsp3) is 0.250. The van der Waals surface area contributed by atoms with E-state index in [-0.39, 0.29) is 6.04 Å². The molecule has 0 amide bonds. The van der Waals surface area contributed by atoms with Crippen LogP contribution in [0.2, 0.25) is 5.02 Å². The third-order valence-electron chi connectivity index (χ3n) is 3.29. The molecule has 0 saturated heterocycles. The second-order valence-corrected chi connectivity index (χ2v) is 5.95. The summed E-state index contributed by atoms with van der Waals surface area (Å²) in [6.45, 7) is 0. The van der Waals surface area contributed by atoms with Crippen LogP contribution in [-0.4, -0.2) is 14.2 Å². The molecule has 2 aromatic carbocycles. The summed E-state index contributed by atoms with van der Waals surface area (Å²) in [4.78, 5) is 0. The number of ether oxygens (including phenoxy) is 2. The molecule has 1 atom stereocenters. The van der Waals surface area contributed by atoms with Gasteiger partial charge >= 0.3 is 0 Å². The first-order valence-corrected chi connectivity index (χ1v) is 7.63. The zero-order chi connectivity index (χ0) is 15.4. The second-order valence-electron chi connectivity index (χ2n) is 4.65. The Bertz CT molecular complexity index is 634. The maximum Gasteiger partial charge on any atom is 0.125 e. The summed E-state index contributed by atoms with van der Waals surface area (Å²) in [6, 6.07) is 11.1. The fourth-order valence-electron chi connectivity index (χ4n) is 2.17. The van der Waals surface area contributed by atoms with Crippen LogP contribution in [0.5, 0.6) is 11.5 Å². The predicted molar refractivity (Wildman–Crippen MR) is 89.3 cm³/mol. The van der Waals surface area contributed by atoms with Gasteiger partial charge in [0.25, 0.3) is 0 Å². The van der Waals surface area contributed by atoms with Gasteiger partial charge in [0.1, 0.15) is 11.5 Å². The summed E-state index contributed by atoms with van der Waals surface area (Å²) in [6.07, 6.45) is 0.662. The molecule has 2 N–H and O–H groups in total. The Morgan fingerprint density at radius 3 is 2.57 bits per heavy atom. The van der Waals surface area contributed by atoms with Crippen LogP contribution < -0.4 is 15.2 Å². The first-order valence-electron chi connectivity index (χ1n) is 6.46. The number of halogens is 2. The zero-order valence-electron chi connectivity index (χ0n) is 11.9. The highest BCUT2D eigenvalue weighted by Gasteiger charge is 2.15. The molecule has 0 radical (unpaired) electrons. The van der Waals surface area contributed by atoms with Crippen LogP contribution in [0.1, 0.15) is 17.2 Å². The molecule has 2 aromatic rings. The third kappa shape index (κ3) is 3.90. The Labute approximate surface area is 138 Å². The summed E-state index contributed by atoms with van der Waals surface area (Å²) in [5.41, 5.74) is 8.34. The number of rotatable bonds is 5. The second kappa shape index (κ2) is 7.16. The molecule has 2 rings (SSSR count). The largest absolute Gasteiger partial charge is 0.497 e. The van der Waals surface area contributed by atoms with Crippen molar-refractivity contribution in [2.24, 2.45) is 5.73 Å². The molecule has 112 valence electrons. The van der Waals surface area contributed by atoms with Gasteiger partial charge in [0, 0.05) is 21.1 Å². The summed E-state index contributed by atoms with van der Waals surface area (Å²) >= 11 is 9.52. The SMILES string of the molecule is COc1ccc(Br)c(CC(N)c2ccc(Cl)cc2OC)c1. The highest BCUT2D eigenvalue weighted by molar-refractivity contribution is 9.10. The normalized spacial score (nSPS) is 12.0. The van der Waals surface area contributed by atoms with Crippen molar-refractivity contribution in [3.8, 4) is 11.5 Å². The van der Waals surface area contributed by atoms with Gasteiger partial charge in [-0.3, -0.25) is 0 Å². The number of hydrogen-bond donors (Lipinski definition) is 1. The van der Waals surface area contributed by atoms with E-state index in [1.807, 2.05) is 30.3 Å². The van der Waals surface area contributed by atoms with Crippen molar-refractivity contribution in [2.75, 3.05) is 14.2 Å². The van der Waals surface area contributed by atoms with Gasteiger partial charge in [-0.25, -0.2) is 0 Å². The van der Waals surface area contributed by atoms with Gasteiger partial charge in [-0.2, -0.15) is 0 Å². The van der Waals surface area contributed by atoms with Gasteiger partial charge < -0.3 is 15.2 Å². The van der Waals surface area contributed by atoms with Crippen molar-refractivity contribution in [3.63, 3.8) is 0 Å². The molecule has 21 heavy (non-hydrogen) atoms. The molecule has 0 saturated carbocycles. The van der Waals surface area contributed by atoms with E-state index in [1.54, 1.807) is 20.3 Å². The van der Waals surface area contributed by atoms with E-state index in [1.165, 1.54) is 0 Å². The quantitative estimate of drug-likeness (QED) is 0.850. The summed E-state index contributed by atoms with van der Waals surface area (Å²) in [5.74, 6) is 1.51. The molecule has 0 aliphatic carbocycles. The molecule has 0 heterocycles. The third-order valence-corrected chi connectivity index (χ3v) is 4.30. The van der Waals surface area contributed by atoms with E-state index in [0.717, 1.165) is 21.3 Å². The van der Waals surface area contributed by atoms with Gasteiger partial charge in [-0.1, -0.05) is 33.6 Å². The molecular weight excluding hydrogens is 354 g/mol.